The summed E-state index contributed by atoms with van der Waals surface area (Å²) in [5.74, 6) is 1.17. The Morgan fingerprint density at radius 2 is 1.78 bits per heavy atom. The van der Waals surface area contributed by atoms with Gasteiger partial charge in [-0.05, 0) is 49.3 Å². The molecule has 27 heavy (non-hydrogen) atoms. The van der Waals surface area contributed by atoms with Crippen molar-refractivity contribution in [3.63, 3.8) is 0 Å². The summed E-state index contributed by atoms with van der Waals surface area (Å²) in [7, 11) is 0. The third-order valence-electron chi connectivity index (χ3n) is 3.85. The highest BCUT2D eigenvalue weighted by molar-refractivity contribution is 8.03. The summed E-state index contributed by atoms with van der Waals surface area (Å²) < 4.78 is 1.75. The topological polar surface area (TPSA) is 67.8 Å². The van der Waals surface area contributed by atoms with Crippen molar-refractivity contribution in [1.82, 2.24) is 15.2 Å². The van der Waals surface area contributed by atoms with Gasteiger partial charge < -0.3 is 5.32 Å². The fourth-order valence-electron chi connectivity index (χ4n) is 2.41. The summed E-state index contributed by atoms with van der Waals surface area (Å²) in [5, 5.41) is 13.7. The lowest BCUT2D eigenvalue weighted by molar-refractivity contribution is -0.113. The monoisotopic (exact) mass is 436 g/mol. The van der Waals surface area contributed by atoms with Gasteiger partial charge in [-0.3, -0.25) is 4.79 Å². The fourth-order valence-corrected chi connectivity index (χ4v) is 5.86. The van der Waals surface area contributed by atoms with Gasteiger partial charge in [0.05, 0.1) is 11.4 Å². The Morgan fingerprint density at radius 1 is 1.07 bits per heavy atom. The quantitative estimate of drug-likeness (QED) is 0.498. The highest BCUT2D eigenvalue weighted by Gasteiger charge is 2.12. The average Bonchev–Trinajstić information content (AvgIpc) is 3.26. The molecule has 1 aromatic carbocycles. The Labute approximate surface area is 175 Å². The van der Waals surface area contributed by atoms with Gasteiger partial charge in [-0.1, -0.05) is 47.9 Å². The first-order chi connectivity index (χ1) is 13.0. The maximum Gasteiger partial charge on any atom is 0.236 e. The van der Waals surface area contributed by atoms with Gasteiger partial charge in [0.1, 0.15) is 0 Å². The molecule has 0 radical (unpaired) electrons. The number of hydrogen-bond donors (Lipinski definition) is 1. The standard InChI is InChI=1S/C18H20N4OS4/c1-5-24-17-21-22-18(27-17)26-9-15(23)20-16-19-14(8-25-16)13-7-11(3)10(2)6-12(13)4/h6-8H,5,9H2,1-4H3,(H,19,20,23). The number of aryl methyl sites for hydroxylation is 3. The fraction of sp³-hybridized carbons (Fsp3) is 0.333. The molecule has 0 spiro atoms. The summed E-state index contributed by atoms with van der Waals surface area (Å²) in [5.41, 5.74) is 5.71. The molecule has 0 fully saturated rings. The van der Waals surface area contributed by atoms with Crippen molar-refractivity contribution in [2.75, 3.05) is 16.8 Å². The van der Waals surface area contributed by atoms with E-state index in [2.05, 4.69) is 60.3 Å². The van der Waals surface area contributed by atoms with E-state index in [0.717, 1.165) is 25.7 Å². The summed E-state index contributed by atoms with van der Waals surface area (Å²) in [6, 6.07) is 4.33. The van der Waals surface area contributed by atoms with Gasteiger partial charge in [-0.15, -0.1) is 21.5 Å². The Kier molecular flexibility index (Phi) is 6.91. The van der Waals surface area contributed by atoms with E-state index in [1.807, 2.05) is 5.38 Å². The molecule has 0 saturated carbocycles. The molecule has 142 valence electrons. The zero-order chi connectivity index (χ0) is 19.4. The van der Waals surface area contributed by atoms with E-state index in [0.29, 0.717) is 10.9 Å². The van der Waals surface area contributed by atoms with Crippen molar-refractivity contribution >= 4 is 57.2 Å². The minimum Gasteiger partial charge on any atom is -0.301 e. The van der Waals surface area contributed by atoms with Crippen LogP contribution in [-0.4, -0.2) is 32.6 Å². The number of rotatable bonds is 7. The first-order valence-electron chi connectivity index (χ1n) is 8.39. The zero-order valence-corrected chi connectivity index (χ0v) is 18.8. The molecule has 0 aliphatic carbocycles. The third-order valence-corrected chi connectivity index (χ3v) is 7.68. The van der Waals surface area contributed by atoms with Crippen molar-refractivity contribution < 1.29 is 4.79 Å². The van der Waals surface area contributed by atoms with Crippen molar-refractivity contribution in [1.29, 1.82) is 0 Å². The van der Waals surface area contributed by atoms with Crippen LogP contribution in [0.25, 0.3) is 11.3 Å². The van der Waals surface area contributed by atoms with E-state index < -0.39 is 0 Å². The molecule has 3 aromatic rings. The highest BCUT2D eigenvalue weighted by Crippen LogP contribution is 2.30. The van der Waals surface area contributed by atoms with Gasteiger partial charge in [0.25, 0.3) is 0 Å². The van der Waals surface area contributed by atoms with Crippen LogP contribution < -0.4 is 5.32 Å². The minimum absolute atomic E-state index is 0.0856. The molecular weight excluding hydrogens is 416 g/mol. The molecule has 0 saturated heterocycles. The van der Waals surface area contributed by atoms with Crippen LogP contribution in [0.1, 0.15) is 23.6 Å². The minimum atomic E-state index is -0.0856. The molecule has 1 N–H and O–H groups in total. The van der Waals surface area contributed by atoms with Gasteiger partial charge >= 0.3 is 0 Å². The number of carbonyl (C=O) groups excluding carboxylic acids is 1. The van der Waals surface area contributed by atoms with E-state index in [1.165, 1.54) is 51.1 Å². The number of aromatic nitrogens is 3. The first-order valence-corrected chi connectivity index (χ1v) is 12.1. The van der Waals surface area contributed by atoms with E-state index >= 15 is 0 Å². The van der Waals surface area contributed by atoms with Gasteiger partial charge in [-0.25, -0.2) is 4.98 Å². The number of nitrogens with one attached hydrogen (secondary N) is 1. The maximum absolute atomic E-state index is 12.2. The number of hydrogen-bond acceptors (Lipinski definition) is 8. The smallest absolute Gasteiger partial charge is 0.236 e. The molecule has 3 rings (SSSR count). The Bertz CT molecular complexity index is 951. The van der Waals surface area contributed by atoms with Gasteiger partial charge in [0.15, 0.2) is 13.8 Å². The van der Waals surface area contributed by atoms with Crippen molar-refractivity contribution in [2.24, 2.45) is 0 Å². The molecule has 0 atom stereocenters. The van der Waals surface area contributed by atoms with Crippen LogP contribution in [-0.2, 0) is 4.79 Å². The second-order valence-electron chi connectivity index (χ2n) is 5.89. The number of carbonyl (C=O) groups is 1. The Morgan fingerprint density at radius 3 is 2.52 bits per heavy atom. The number of amides is 1. The van der Waals surface area contributed by atoms with Gasteiger partial charge in [0.2, 0.25) is 5.91 Å². The van der Waals surface area contributed by atoms with Crippen LogP contribution in [0.4, 0.5) is 5.13 Å². The second-order valence-corrected chi connectivity index (χ2v) is 10.5. The largest absolute Gasteiger partial charge is 0.301 e. The van der Waals surface area contributed by atoms with Crippen molar-refractivity contribution in [3.8, 4) is 11.3 Å². The van der Waals surface area contributed by atoms with Crippen LogP contribution in [0, 0.1) is 20.8 Å². The Balaban J connectivity index is 1.60. The van der Waals surface area contributed by atoms with Crippen LogP contribution in [0.2, 0.25) is 0 Å². The van der Waals surface area contributed by atoms with Crippen LogP contribution in [0.3, 0.4) is 0 Å². The number of nitrogens with zero attached hydrogens (tertiary/aromatic N) is 3. The second kappa shape index (κ2) is 9.18. The molecule has 5 nitrogen and oxygen atoms in total. The SMILES string of the molecule is CCSc1nnc(SCC(=O)Nc2nc(-c3cc(C)c(C)cc3C)cs2)s1. The van der Waals surface area contributed by atoms with Crippen molar-refractivity contribution in [2.45, 2.75) is 36.4 Å². The predicted molar refractivity (Wildman–Crippen MR) is 117 cm³/mol. The molecule has 0 unspecified atom stereocenters. The third kappa shape index (κ3) is 5.31. The summed E-state index contributed by atoms with van der Waals surface area (Å²) in [6.07, 6.45) is 0. The lowest BCUT2D eigenvalue weighted by atomic mass is 9.99. The summed E-state index contributed by atoms with van der Waals surface area (Å²) in [6.45, 7) is 8.37. The highest BCUT2D eigenvalue weighted by atomic mass is 32.2. The van der Waals surface area contributed by atoms with Crippen molar-refractivity contribution in [3.05, 3.63) is 34.2 Å². The lowest BCUT2D eigenvalue weighted by Crippen LogP contribution is -2.13. The molecule has 2 heterocycles. The lowest BCUT2D eigenvalue weighted by Gasteiger charge is -2.07. The number of thioether (sulfide) groups is 2. The molecule has 1 amide bonds. The first kappa shape index (κ1) is 20.3. The molecule has 9 heteroatoms. The van der Waals surface area contributed by atoms with E-state index in [4.69, 9.17) is 0 Å². The molecule has 2 aromatic heterocycles. The maximum atomic E-state index is 12.2. The number of anilines is 1. The average molecular weight is 437 g/mol. The van der Waals surface area contributed by atoms with E-state index in [1.54, 1.807) is 11.8 Å². The Hall–Kier alpha value is -1.42. The normalized spacial score (nSPS) is 11.0. The van der Waals surface area contributed by atoms with Crippen LogP contribution in [0.15, 0.2) is 26.2 Å². The van der Waals surface area contributed by atoms with Crippen LogP contribution >= 0.6 is 46.2 Å². The molecular formula is C18H20N4OS4. The summed E-state index contributed by atoms with van der Waals surface area (Å²) >= 11 is 6.02. The van der Waals surface area contributed by atoms with E-state index in [9.17, 15) is 4.79 Å². The van der Waals surface area contributed by atoms with Gasteiger partial charge in [-0.2, -0.15) is 0 Å². The number of thiazole rings is 1. The summed E-state index contributed by atoms with van der Waals surface area (Å²) in [4.78, 5) is 16.8. The molecule has 0 aliphatic rings. The molecule has 0 aliphatic heterocycles. The predicted octanol–water partition coefficient (Wildman–Crippen LogP) is 5.43. The van der Waals surface area contributed by atoms with Crippen LogP contribution in [0.5, 0.6) is 0 Å². The molecule has 0 bridgehead atoms. The van der Waals surface area contributed by atoms with E-state index in [-0.39, 0.29) is 5.91 Å². The van der Waals surface area contributed by atoms with Gasteiger partial charge in [0, 0.05) is 10.9 Å². The number of benzene rings is 1. The zero-order valence-electron chi connectivity index (χ0n) is 15.5.